The molecule has 0 bridgehead atoms. The average molecular weight is 333 g/mol. The summed E-state index contributed by atoms with van der Waals surface area (Å²) >= 11 is 0. The van der Waals surface area contributed by atoms with Crippen LogP contribution in [0.3, 0.4) is 0 Å². The number of ether oxygens (including phenoxy) is 4. The Morgan fingerprint density at radius 1 is 1.00 bits per heavy atom. The molecule has 0 radical (unpaired) electrons. The maximum Gasteiger partial charge on any atom is 0.254 e. The van der Waals surface area contributed by atoms with Gasteiger partial charge in [0.2, 0.25) is 6.79 Å². The van der Waals surface area contributed by atoms with Crippen molar-refractivity contribution in [2.75, 3.05) is 33.1 Å². The van der Waals surface area contributed by atoms with Crippen molar-refractivity contribution in [2.45, 2.75) is 37.9 Å². The lowest BCUT2D eigenvalue weighted by atomic mass is 10.1. The third kappa shape index (κ3) is 3.35. The molecule has 3 aliphatic heterocycles. The minimum Gasteiger partial charge on any atom is -0.454 e. The third-order valence-corrected chi connectivity index (χ3v) is 4.80. The van der Waals surface area contributed by atoms with E-state index < -0.39 is 0 Å². The Morgan fingerprint density at radius 3 is 2.29 bits per heavy atom. The number of hydrogen-bond acceptors (Lipinski definition) is 5. The molecule has 0 aromatic heterocycles. The number of rotatable bonds is 5. The summed E-state index contributed by atoms with van der Waals surface area (Å²) in [6.45, 7) is 3.02. The Hall–Kier alpha value is -1.79. The maximum absolute atomic E-state index is 13.0. The van der Waals surface area contributed by atoms with Crippen LogP contribution < -0.4 is 9.47 Å². The largest absolute Gasteiger partial charge is 0.454 e. The van der Waals surface area contributed by atoms with E-state index in [1.165, 1.54) is 0 Å². The summed E-state index contributed by atoms with van der Waals surface area (Å²) in [4.78, 5) is 14.9. The van der Waals surface area contributed by atoms with Crippen molar-refractivity contribution in [3.8, 4) is 11.5 Å². The van der Waals surface area contributed by atoms with E-state index >= 15 is 0 Å². The van der Waals surface area contributed by atoms with Crippen LogP contribution in [0.15, 0.2) is 18.2 Å². The normalized spacial score (nSPS) is 25.2. The molecule has 1 aromatic carbocycles. The van der Waals surface area contributed by atoms with E-state index in [4.69, 9.17) is 18.9 Å². The second kappa shape index (κ2) is 6.99. The van der Waals surface area contributed by atoms with Crippen LogP contribution in [0.5, 0.6) is 11.5 Å². The summed E-state index contributed by atoms with van der Waals surface area (Å²) in [5, 5.41) is 0. The van der Waals surface area contributed by atoms with E-state index in [0.717, 1.165) is 38.9 Å². The van der Waals surface area contributed by atoms with Gasteiger partial charge in [-0.25, -0.2) is 0 Å². The van der Waals surface area contributed by atoms with Crippen LogP contribution in [0.1, 0.15) is 36.0 Å². The molecule has 0 saturated carbocycles. The minimum absolute atomic E-state index is 0.000648. The van der Waals surface area contributed by atoms with Crippen LogP contribution in [-0.4, -0.2) is 56.1 Å². The van der Waals surface area contributed by atoms with Gasteiger partial charge in [0, 0.05) is 31.9 Å². The van der Waals surface area contributed by atoms with Crippen LogP contribution in [0.2, 0.25) is 0 Å². The number of amides is 1. The summed E-state index contributed by atoms with van der Waals surface area (Å²) in [7, 11) is 0. The van der Waals surface area contributed by atoms with Crippen molar-refractivity contribution in [3.63, 3.8) is 0 Å². The minimum atomic E-state index is -0.000648. The summed E-state index contributed by atoms with van der Waals surface area (Å²) in [5.41, 5.74) is 0.621. The second-order valence-electron chi connectivity index (χ2n) is 6.55. The van der Waals surface area contributed by atoms with Crippen molar-refractivity contribution in [1.82, 2.24) is 4.90 Å². The number of fused-ring (bicyclic) bond motifs is 1. The fourth-order valence-electron chi connectivity index (χ4n) is 3.52. The first-order valence-electron chi connectivity index (χ1n) is 8.72. The summed E-state index contributed by atoms with van der Waals surface area (Å²) in [5.74, 6) is 1.32. The zero-order valence-corrected chi connectivity index (χ0v) is 13.7. The zero-order chi connectivity index (χ0) is 16.4. The molecule has 0 spiro atoms. The molecule has 1 aromatic rings. The molecule has 24 heavy (non-hydrogen) atoms. The highest BCUT2D eigenvalue weighted by atomic mass is 16.7. The molecule has 6 nitrogen and oxygen atoms in total. The average Bonchev–Trinajstić information content (AvgIpc) is 3.35. The topological polar surface area (TPSA) is 57.2 Å². The van der Waals surface area contributed by atoms with E-state index in [9.17, 15) is 4.79 Å². The van der Waals surface area contributed by atoms with Gasteiger partial charge in [0.25, 0.3) is 5.91 Å². The number of carbonyl (C=O) groups is 1. The standard InChI is InChI=1S/C18H23NO5/c20-18(13-5-6-16-17(9-13)24-12-23-16)19(10-14-3-1-7-21-14)11-15-4-2-8-22-15/h5-6,9,14-15H,1-4,7-8,10-12H2. The van der Waals surface area contributed by atoms with Gasteiger partial charge >= 0.3 is 0 Å². The molecule has 1 amide bonds. The van der Waals surface area contributed by atoms with E-state index in [2.05, 4.69) is 0 Å². The Bertz CT molecular complexity index is 575. The van der Waals surface area contributed by atoms with Crippen molar-refractivity contribution in [1.29, 1.82) is 0 Å². The number of carbonyl (C=O) groups excluding carboxylic acids is 1. The fourth-order valence-corrected chi connectivity index (χ4v) is 3.52. The monoisotopic (exact) mass is 333 g/mol. The van der Waals surface area contributed by atoms with Crippen molar-refractivity contribution >= 4 is 5.91 Å². The Kier molecular flexibility index (Phi) is 4.58. The first kappa shape index (κ1) is 15.7. The Labute approximate surface area is 141 Å². The lowest BCUT2D eigenvalue weighted by Gasteiger charge is -2.28. The molecular formula is C18H23NO5. The van der Waals surface area contributed by atoms with E-state index in [0.29, 0.717) is 30.2 Å². The van der Waals surface area contributed by atoms with Gasteiger partial charge in [-0.2, -0.15) is 0 Å². The van der Waals surface area contributed by atoms with Gasteiger partial charge < -0.3 is 23.8 Å². The molecule has 130 valence electrons. The molecule has 6 heteroatoms. The predicted molar refractivity (Wildman–Crippen MR) is 86.4 cm³/mol. The molecule has 2 saturated heterocycles. The van der Waals surface area contributed by atoms with Gasteiger partial charge in [-0.3, -0.25) is 4.79 Å². The van der Waals surface area contributed by atoms with Crippen molar-refractivity contribution in [2.24, 2.45) is 0 Å². The predicted octanol–water partition coefficient (Wildman–Crippen LogP) is 2.22. The molecule has 4 rings (SSSR count). The summed E-state index contributed by atoms with van der Waals surface area (Å²) in [6.07, 6.45) is 4.41. The van der Waals surface area contributed by atoms with E-state index in [-0.39, 0.29) is 24.9 Å². The van der Waals surface area contributed by atoms with Crippen LogP contribution in [0.25, 0.3) is 0 Å². The highest BCUT2D eigenvalue weighted by Gasteiger charge is 2.28. The maximum atomic E-state index is 13.0. The van der Waals surface area contributed by atoms with Crippen LogP contribution in [0, 0.1) is 0 Å². The van der Waals surface area contributed by atoms with E-state index in [1.807, 2.05) is 4.90 Å². The fraction of sp³-hybridized carbons (Fsp3) is 0.611. The molecule has 2 atom stereocenters. The molecule has 0 aliphatic carbocycles. The van der Waals surface area contributed by atoms with Crippen molar-refractivity contribution in [3.05, 3.63) is 23.8 Å². The Morgan fingerprint density at radius 2 is 1.67 bits per heavy atom. The van der Waals surface area contributed by atoms with Gasteiger partial charge in [-0.05, 0) is 43.9 Å². The molecular weight excluding hydrogens is 310 g/mol. The third-order valence-electron chi connectivity index (χ3n) is 4.80. The molecule has 0 N–H and O–H groups in total. The highest BCUT2D eigenvalue weighted by molar-refractivity contribution is 5.95. The molecule has 2 fully saturated rings. The molecule has 3 aliphatic rings. The smallest absolute Gasteiger partial charge is 0.254 e. The number of nitrogens with zero attached hydrogens (tertiary/aromatic N) is 1. The SMILES string of the molecule is O=C(c1ccc2c(c1)OCO2)N(CC1CCCO1)CC1CCCO1. The number of hydrogen-bond donors (Lipinski definition) is 0. The first-order chi connectivity index (χ1) is 11.8. The summed E-state index contributed by atoms with van der Waals surface area (Å²) in [6, 6.07) is 5.36. The lowest BCUT2D eigenvalue weighted by Crippen LogP contribution is -2.42. The lowest BCUT2D eigenvalue weighted by molar-refractivity contribution is 0.0307. The van der Waals surface area contributed by atoms with Crippen molar-refractivity contribution < 1.29 is 23.7 Å². The van der Waals surface area contributed by atoms with Gasteiger partial charge in [-0.1, -0.05) is 0 Å². The summed E-state index contributed by atoms with van der Waals surface area (Å²) < 4.78 is 22.2. The molecule has 2 unspecified atom stereocenters. The van der Waals surface area contributed by atoms with Crippen LogP contribution >= 0.6 is 0 Å². The van der Waals surface area contributed by atoms with Gasteiger partial charge in [-0.15, -0.1) is 0 Å². The zero-order valence-electron chi connectivity index (χ0n) is 13.7. The van der Waals surface area contributed by atoms with Crippen LogP contribution in [-0.2, 0) is 9.47 Å². The van der Waals surface area contributed by atoms with Gasteiger partial charge in [0.1, 0.15) is 0 Å². The first-order valence-corrected chi connectivity index (χ1v) is 8.72. The van der Waals surface area contributed by atoms with Gasteiger partial charge in [0.05, 0.1) is 12.2 Å². The second-order valence-corrected chi connectivity index (χ2v) is 6.55. The number of benzene rings is 1. The highest BCUT2D eigenvalue weighted by Crippen LogP contribution is 2.33. The van der Waals surface area contributed by atoms with Gasteiger partial charge in [0.15, 0.2) is 11.5 Å². The quantitative estimate of drug-likeness (QED) is 0.827. The Balaban J connectivity index is 1.50. The van der Waals surface area contributed by atoms with Crippen LogP contribution in [0.4, 0.5) is 0 Å². The van der Waals surface area contributed by atoms with E-state index in [1.54, 1.807) is 18.2 Å². The molecule has 3 heterocycles.